The van der Waals surface area contributed by atoms with Crippen LogP contribution in [0.25, 0.3) is 0 Å². The molecule has 1 aliphatic heterocycles. The predicted molar refractivity (Wildman–Crippen MR) is 99.4 cm³/mol. The van der Waals surface area contributed by atoms with Crippen LogP contribution in [0.2, 0.25) is 0 Å². The largest absolute Gasteiger partial charge is 0.379 e. The van der Waals surface area contributed by atoms with Gasteiger partial charge in [-0.2, -0.15) is 0 Å². The van der Waals surface area contributed by atoms with E-state index in [-0.39, 0.29) is 0 Å². The Labute approximate surface area is 149 Å². The Hall–Kier alpha value is -1.89. The summed E-state index contributed by atoms with van der Waals surface area (Å²) in [5, 5.41) is 0. The first kappa shape index (κ1) is 17.9. The molecule has 0 spiro atoms. The van der Waals surface area contributed by atoms with Crippen LogP contribution in [-0.2, 0) is 14.8 Å². The molecular weight excluding hydrogens is 336 g/mol. The van der Waals surface area contributed by atoms with Gasteiger partial charge in [-0.25, -0.2) is 8.42 Å². The van der Waals surface area contributed by atoms with Crippen molar-refractivity contribution in [3.05, 3.63) is 60.2 Å². The standard InChI is InChI=1S/C19H24N2O3S/c1-17-7-9-19(10-8-17)25(22,23)21(18-5-3-2-4-6-18)12-11-20-13-15-24-16-14-20/h2-10H,11-16H2,1H3. The molecule has 1 fully saturated rings. The van der Waals surface area contributed by atoms with Gasteiger partial charge in [0.15, 0.2) is 0 Å². The zero-order valence-electron chi connectivity index (χ0n) is 14.5. The second-order valence-corrected chi connectivity index (χ2v) is 8.04. The highest BCUT2D eigenvalue weighted by atomic mass is 32.2. The molecule has 1 heterocycles. The van der Waals surface area contributed by atoms with Crippen molar-refractivity contribution in [2.24, 2.45) is 0 Å². The number of rotatable bonds is 6. The lowest BCUT2D eigenvalue weighted by Gasteiger charge is -2.30. The van der Waals surface area contributed by atoms with E-state index in [2.05, 4.69) is 4.90 Å². The van der Waals surface area contributed by atoms with Crippen LogP contribution in [0.15, 0.2) is 59.5 Å². The zero-order chi connectivity index (χ0) is 17.7. The fraction of sp³-hybridized carbons (Fsp3) is 0.368. The molecule has 1 aliphatic rings. The minimum absolute atomic E-state index is 0.323. The van der Waals surface area contributed by atoms with Gasteiger partial charge in [-0.3, -0.25) is 9.21 Å². The van der Waals surface area contributed by atoms with Gasteiger partial charge in [-0.1, -0.05) is 35.9 Å². The number of hydrogen-bond donors (Lipinski definition) is 0. The van der Waals surface area contributed by atoms with Crippen LogP contribution < -0.4 is 4.31 Å². The lowest BCUT2D eigenvalue weighted by Crippen LogP contribution is -2.43. The van der Waals surface area contributed by atoms with Gasteiger partial charge in [-0.15, -0.1) is 0 Å². The van der Waals surface area contributed by atoms with Gasteiger partial charge < -0.3 is 4.74 Å². The number of sulfonamides is 1. The summed E-state index contributed by atoms with van der Waals surface area (Å²) >= 11 is 0. The van der Waals surface area contributed by atoms with Crippen molar-refractivity contribution in [2.75, 3.05) is 43.7 Å². The lowest BCUT2D eigenvalue weighted by molar-refractivity contribution is 0.0395. The predicted octanol–water partition coefficient (Wildman–Crippen LogP) is 2.52. The van der Waals surface area contributed by atoms with E-state index >= 15 is 0 Å². The first-order valence-corrected chi connectivity index (χ1v) is 9.96. The average Bonchev–Trinajstić information content (AvgIpc) is 2.64. The molecule has 25 heavy (non-hydrogen) atoms. The molecule has 0 saturated carbocycles. The van der Waals surface area contributed by atoms with E-state index in [4.69, 9.17) is 4.74 Å². The summed E-state index contributed by atoms with van der Waals surface area (Å²) < 4.78 is 33.3. The van der Waals surface area contributed by atoms with Gasteiger partial charge in [0.25, 0.3) is 10.0 Å². The Kier molecular flexibility index (Phi) is 5.73. The number of anilines is 1. The van der Waals surface area contributed by atoms with Crippen molar-refractivity contribution in [3.63, 3.8) is 0 Å². The molecule has 0 aromatic heterocycles. The summed E-state index contributed by atoms with van der Waals surface area (Å²) in [6.07, 6.45) is 0. The molecule has 3 rings (SSSR count). The number of hydrogen-bond acceptors (Lipinski definition) is 4. The van der Waals surface area contributed by atoms with E-state index in [1.807, 2.05) is 49.4 Å². The molecule has 2 aromatic carbocycles. The maximum Gasteiger partial charge on any atom is 0.264 e. The summed E-state index contributed by atoms with van der Waals surface area (Å²) in [5.41, 5.74) is 1.73. The molecule has 0 bridgehead atoms. The Morgan fingerprint density at radius 1 is 1.00 bits per heavy atom. The molecule has 0 amide bonds. The molecule has 1 saturated heterocycles. The minimum Gasteiger partial charge on any atom is -0.379 e. The van der Waals surface area contributed by atoms with Crippen LogP contribution in [-0.4, -0.2) is 52.7 Å². The van der Waals surface area contributed by atoms with Gasteiger partial charge in [0.05, 0.1) is 23.8 Å². The molecule has 0 atom stereocenters. The third-order valence-electron chi connectivity index (χ3n) is 4.38. The van der Waals surface area contributed by atoms with E-state index in [1.165, 1.54) is 4.31 Å². The highest BCUT2D eigenvalue weighted by Crippen LogP contribution is 2.23. The number of benzene rings is 2. The van der Waals surface area contributed by atoms with Crippen molar-refractivity contribution < 1.29 is 13.2 Å². The molecule has 6 heteroatoms. The van der Waals surface area contributed by atoms with E-state index in [0.29, 0.717) is 36.9 Å². The van der Waals surface area contributed by atoms with Crippen molar-refractivity contribution in [1.82, 2.24) is 4.90 Å². The van der Waals surface area contributed by atoms with Crippen LogP contribution >= 0.6 is 0 Å². The summed E-state index contributed by atoms with van der Waals surface area (Å²) in [5.74, 6) is 0. The highest BCUT2D eigenvalue weighted by molar-refractivity contribution is 7.92. The van der Waals surface area contributed by atoms with Crippen LogP contribution in [0.4, 0.5) is 5.69 Å². The molecule has 0 unspecified atom stereocenters. The van der Waals surface area contributed by atoms with E-state index in [9.17, 15) is 8.42 Å². The van der Waals surface area contributed by atoms with E-state index in [1.54, 1.807) is 12.1 Å². The zero-order valence-corrected chi connectivity index (χ0v) is 15.3. The van der Waals surface area contributed by atoms with Crippen molar-refractivity contribution in [1.29, 1.82) is 0 Å². The van der Waals surface area contributed by atoms with Gasteiger partial charge in [0.2, 0.25) is 0 Å². The van der Waals surface area contributed by atoms with E-state index < -0.39 is 10.0 Å². The van der Waals surface area contributed by atoms with Crippen molar-refractivity contribution in [2.45, 2.75) is 11.8 Å². The normalized spacial score (nSPS) is 15.9. The fourth-order valence-corrected chi connectivity index (χ4v) is 4.33. The van der Waals surface area contributed by atoms with Gasteiger partial charge >= 0.3 is 0 Å². The number of morpholine rings is 1. The summed E-state index contributed by atoms with van der Waals surface area (Å²) in [6, 6.07) is 16.3. The SMILES string of the molecule is Cc1ccc(S(=O)(=O)N(CCN2CCOCC2)c2ccccc2)cc1. The smallest absolute Gasteiger partial charge is 0.264 e. The topological polar surface area (TPSA) is 49.9 Å². The Balaban J connectivity index is 1.86. The Bertz CT molecular complexity index is 770. The number of nitrogens with zero attached hydrogens (tertiary/aromatic N) is 2. The van der Waals surface area contributed by atoms with Crippen LogP contribution in [0, 0.1) is 6.92 Å². The van der Waals surface area contributed by atoms with Crippen LogP contribution in [0.3, 0.4) is 0 Å². The second kappa shape index (κ2) is 7.99. The van der Waals surface area contributed by atoms with Crippen LogP contribution in [0.5, 0.6) is 0 Å². The summed E-state index contributed by atoms with van der Waals surface area (Å²) in [4.78, 5) is 2.56. The third kappa shape index (κ3) is 4.39. The molecule has 0 radical (unpaired) electrons. The monoisotopic (exact) mass is 360 g/mol. The number of ether oxygens (including phenoxy) is 1. The minimum atomic E-state index is -3.60. The average molecular weight is 360 g/mol. The second-order valence-electron chi connectivity index (χ2n) is 6.18. The lowest BCUT2D eigenvalue weighted by atomic mass is 10.2. The first-order chi connectivity index (χ1) is 12.1. The maximum absolute atomic E-state index is 13.2. The number of aryl methyl sites for hydroxylation is 1. The van der Waals surface area contributed by atoms with Crippen LogP contribution in [0.1, 0.15) is 5.56 Å². The quantitative estimate of drug-likeness (QED) is 0.794. The fourth-order valence-electron chi connectivity index (χ4n) is 2.88. The molecule has 2 aromatic rings. The molecule has 134 valence electrons. The molecule has 0 aliphatic carbocycles. The summed E-state index contributed by atoms with van der Waals surface area (Å²) in [7, 11) is -3.60. The number of para-hydroxylation sites is 1. The van der Waals surface area contributed by atoms with Gasteiger partial charge in [0, 0.05) is 26.2 Å². The van der Waals surface area contributed by atoms with Crippen molar-refractivity contribution >= 4 is 15.7 Å². The molecular formula is C19H24N2O3S. The van der Waals surface area contributed by atoms with Gasteiger partial charge in [0.1, 0.15) is 0 Å². The molecule has 5 nitrogen and oxygen atoms in total. The Morgan fingerprint density at radius 3 is 2.28 bits per heavy atom. The van der Waals surface area contributed by atoms with Crippen molar-refractivity contribution in [3.8, 4) is 0 Å². The van der Waals surface area contributed by atoms with E-state index in [0.717, 1.165) is 18.7 Å². The Morgan fingerprint density at radius 2 is 1.64 bits per heavy atom. The van der Waals surface area contributed by atoms with Gasteiger partial charge in [-0.05, 0) is 31.2 Å². The molecule has 0 N–H and O–H groups in total. The summed E-state index contributed by atoms with van der Waals surface area (Å²) in [6.45, 7) is 6.14. The first-order valence-electron chi connectivity index (χ1n) is 8.52. The third-order valence-corrected chi connectivity index (χ3v) is 6.22. The highest BCUT2D eigenvalue weighted by Gasteiger charge is 2.25. The maximum atomic E-state index is 13.2.